The highest BCUT2D eigenvalue weighted by atomic mass is 19.4. The Balaban J connectivity index is 2.35. The maximum Gasteiger partial charge on any atom is 0.416 e. The Kier molecular flexibility index (Phi) is 3.29. The van der Waals surface area contributed by atoms with E-state index >= 15 is 0 Å². The van der Waals surface area contributed by atoms with Gasteiger partial charge in [0.25, 0.3) is 0 Å². The van der Waals surface area contributed by atoms with E-state index < -0.39 is 17.8 Å². The van der Waals surface area contributed by atoms with Gasteiger partial charge in [0, 0.05) is 12.4 Å². The topological polar surface area (TPSA) is 46.0 Å². The average molecular weight is 254 g/mol. The normalized spacial score (nSPS) is 13.3. The Labute approximate surface area is 101 Å². The Morgan fingerprint density at radius 2 is 1.72 bits per heavy atom. The van der Waals surface area contributed by atoms with Crippen LogP contribution in [0.15, 0.2) is 42.7 Å². The third-order valence-corrected chi connectivity index (χ3v) is 2.36. The fourth-order valence-electron chi connectivity index (χ4n) is 1.49. The van der Waals surface area contributed by atoms with Crippen molar-refractivity contribution in [3.8, 4) is 0 Å². The zero-order chi connectivity index (χ0) is 13.2. The number of aliphatic hydroxyl groups excluding tert-OH is 1. The fourth-order valence-corrected chi connectivity index (χ4v) is 1.49. The molecule has 0 radical (unpaired) electrons. The lowest BCUT2D eigenvalue weighted by Gasteiger charge is -2.12. The molecule has 0 fully saturated rings. The maximum atomic E-state index is 12.5. The molecule has 6 heteroatoms. The van der Waals surface area contributed by atoms with E-state index in [-0.39, 0.29) is 11.4 Å². The Morgan fingerprint density at radius 3 is 2.33 bits per heavy atom. The predicted molar refractivity (Wildman–Crippen MR) is 57.5 cm³/mol. The molecule has 0 spiro atoms. The molecule has 2 aromatic rings. The Bertz CT molecular complexity index is 528. The van der Waals surface area contributed by atoms with E-state index in [1.54, 1.807) is 6.07 Å². The highest BCUT2D eigenvalue weighted by molar-refractivity contribution is 5.29. The van der Waals surface area contributed by atoms with Gasteiger partial charge in [0.2, 0.25) is 0 Å². The molecule has 94 valence electrons. The number of aliphatic hydroxyl groups is 1. The summed E-state index contributed by atoms with van der Waals surface area (Å²) in [4.78, 5) is 7.61. The SMILES string of the molecule is OC(c1cccc(C(F)(F)F)c1)c1ncccn1. The van der Waals surface area contributed by atoms with Crippen LogP contribution in [0, 0.1) is 0 Å². The van der Waals surface area contributed by atoms with Gasteiger partial charge in [-0.25, -0.2) is 9.97 Å². The van der Waals surface area contributed by atoms with Gasteiger partial charge in [-0.1, -0.05) is 12.1 Å². The van der Waals surface area contributed by atoms with Crippen LogP contribution in [-0.4, -0.2) is 15.1 Å². The summed E-state index contributed by atoms with van der Waals surface area (Å²) in [6, 6.07) is 6.03. The second-order valence-corrected chi connectivity index (χ2v) is 3.63. The van der Waals surface area contributed by atoms with E-state index in [1.165, 1.54) is 24.5 Å². The number of benzene rings is 1. The molecule has 0 saturated heterocycles. The van der Waals surface area contributed by atoms with Crippen LogP contribution in [0.3, 0.4) is 0 Å². The van der Waals surface area contributed by atoms with E-state index in [2.05, 4.69) is 9.97 Å². The quantitative estimate of drug-likeness (QED) is 0.895. The largest absolute Gasteiger partial charge is 0.416 e. The highest BCUT2D eigenvalue weighted by Crippen LogP contribution is 2.31. The lowest BCUT2D eigenvalue weighted by molar-refractivity contribution is -0.137. The maximum absolute atomic E-state index is 12.5. The van der Waals surface area contributed by atoms with Gasteiger partial charge in [-0.05, 0) is 23.8 Å². The molecule has 1 atom stereocenters. The Hall–Kier alpha value is -1.95. The lowest BCUT2D eigenvalue weighted by atomic mass is 10.1. The van der Waals surface area contributed by atoms with Gasteiger partial charge in [0.15, 0.2) is 5.82 Å². The molecule has 0 aliphatic heterocycles. The molecule has 0 saturated carbocycles. The molecule has 1 N–H and O–H groups in total. The number of alkyl halides is 3. The van der Waals surface area contributed by atoms with Gasteiger partial charge >= 0.3 is 6.18 Å². The minimum Gasteiger partial charge on any atom is -0.380 e. The van der Waals surface area contributed by atoms with Crippen LogP contribution in [0.4, 0.5) is 13.2 Å². The van der Waals surface area contributed by atoms with Crippen molar-refractivity contribution in [2.75, 3.05) is 0 Å². The molecular weight excluding hydrogens is 245 g/mol. The third kappa shape index (κ3) is 2.65. The molecule has 2 rings (SSSR count). The minimum absolute atomic E-state index is 0.0665. The molecule has 1 aromatic heterocycles. The summed E-state index contributed by atoms with van der Waals surface area (Å²) in [5.41, 5.74) is -0.703. The molecule has 0 aliphatic rings. The number of aromatic nitrogens is 2. The van der Waals surface area contributed by atoms with Gasteiger partial charge in [-0.15, -0.1) is 0 Å². The van der Waals surface area contributed by atoms with Gasteiger partial charge in [-0.2, -0.15) is 13.2 Å². The van der Waals surface area contributed by atoms with Crippen LogP contribution in [0.2, 0.25) is 0 Å². The van der Waals surface area contributed by atoms with Crippen LogP contribution in [0.1, 0.15) is 23.1 Å². The van der Waals surface area contributed by atoms with Crippen molar-refractivity contribution in [1.82, 2.24) is 9.97 Å². The summed E-state index contributed by atoms with van der Waals surface area (Å²) in [6.45, 7) is 0. The first-order valence-electron chi connectivity index (χ1n) is 5.10. The molecule has 18 heavy (non-hydrogen) atoms. The number of nitrogens with zero attached hydrogens (tertiary/aromatic N) is 2. The van der Waals surface area contributed by atoms with Crippen LogP contribution in [0.5, 0.6) is 0 Å². The summed E-state index contributed by atoms with van der Waals surface area (Å²) in [5.74, 6) is 0.0665. The van der Waals surface area contributed by atoms with Crippen LogP contribution in [0.25, 0.3) is 0 Å². The summed E-state index contributed by atoms with van der Waals surface area (Å²) in [7, 11) is 0. The van der Waals surface area contributed by atoms with Gasteiger partial charge < -0.3 is 5.11 Å². The smallest absolute Gasteiger partial charge is 0.380 e. The standard InChI is InChI=1S/C12H9F3N2O/c13-12(14,15)9-4-1-3-8(7-9)10(18)11-16-5-2-6-17-11/h1-7,10,18H. The highest BCUT2D eigenvalue weighted by Gasteiger charge is 2.31. The average Bonchev–Trinajstić information content (AvgIpc) is 2.38. The van der Waals surface area contributed by atoms with Gasteiger partial charge in [-0.3, -0.25) is 0 Å². The van der Waals surface area contributed by atoms with E-state index in [9.17, 15) is 18.3 Å². The first-order valence-corrected chi connectivity index (χ1v) is 5.10. The summed E-state index contributed by atoms with van der Waals surface area (Å²) in [5, 5.41) is 9.89. The van der Waals surface area contributed by atoms with Crippen molar-refractivity contribution in [2.45, 2.75) is 12.3 Å². The summed E-state index contributed by atoms with van der Waals surface area (Å²) >= 11 is 0. The van der Waals surface area contributed by atoms with Gasteiger partial charge in [0.1, 0.15) is 6.10 Å². The summed E-state index contributed by atoms with van der Waals surface area (Å²) in [6.07, 6.45) is -2.88. The number of hydrogen-bond acceptors (Lipinski definition) is 3. The molecule has 1 heterocycles. The lowest BCUT2D eigenvalue weighted by Crippen LogP contribution is -2.09. The molecule has 0 aliphatic carbocycles. The predicted octanol–water partition coefficient (Wildman–Crippen LogP) is 2.58. The van der Waals surface area contributed by atoms with E-state index in [4.69, 9.17) is 0 Å². The van der Waals surface area contributed by atoms with Crippen molar-refractivity contribution in [1.29, 1.82) is 0 Å². The van der Waals surface area contributed by atoms with E-state index in [0.717, 1.165) is 12.1 Å². The molecule has 3 nitrogen and oxygen atoms in total. The minimum atomic E-state index is -4.44. The number of hydrogen-bond donors (Lipinski definition) is 1. The summed E-state index contributed by atoms with van der Waals surface area (Å²) < 4.78 is 37.6. The second-order valence-electron chi connectivity index (χ2n) is 3.63. The molecular formula is C12H9F3N2O. The monoisotopic (exact) mass is 254 g/mol. The molecule has 0 amide bonds. The Morgan fingerprint density at radius 1 is 1.06 bits per heavy atom. The molecule has 1 aromatic carbocycles. The fraction of sp³-hybridized carbons (Fsp3) is 0.167. The van der Waals surface area contributed by atoms with Gasteiger partial charge in [0.05, 0.1) is 5.56 Å². The zero-order valence-corrected chi connectivity index (χ0v) is 9.09. The van der Waals surface area contributed by atoms with Crippen LogP contribution >= 0.6 is 0 Å². The van der Waals surface area contributed by atoms with Crippen molar-refractivity contribution >= 4 is 0 Å². The van der Waals surface area contributed by atoms with Crippen molar-refractivity contribution < 1.29 is 18.3 Å². The third-order valence-electron chi connectivity index (χ3n) is 2.36. The van der Waals surface area contributed by atoms with Crippen molar-refractivity contribution in [3.05, 3.63) is 59.7 Å². The number of halogens is 3. The van der Waals surface area contributed by atoms with Crippen LogP contribution < -0.4 is 0 Å². The van der Waals surface area contributed by atoms with E-state index in [0.29, 0.717) is 0 Å². The first-order chi connectivity index (χ1) is 8.48. The molecule has 1 unspecified atom stereocenters. The van der Waals surface area contributed by atoms with Crippen molar-refractivity contribution in [2.24, 2.45) is 0 Å². The number of rotatable bonds is 2. The van der Waals surface area contributed by atoms with E-state index in [1.807, 2.05) is 0 Å². The van der Waals surface area contributed by atoms with Crippen LogP contribution in [-0.2, 0) is 6.18 Å². The second kappa shape index (κ2) is 4.73. The first kappa shape index (κ1) is 12.5. The molecule has 0 bridgehead atoms. The zero-order valence-electron chi connectivity index (χ0n) is 9.09. The van der Waals surface area contributed by atoms with Crippen molar-refractivity contribution in [3.63, 3.8) is 0 Å².